The normalized spacial score (nSPS) is 37.6. The zero-order chi connectivity index (χ0) is 7.07. The molecule has 0 saturated heterocycles. The summed E-state index contributed by atoms with van der Waals surface area (Å²) >= 11 is 0. The molecule has 0 N–H and O–H groups in total. The monoisotopic (exact) mass is 124 g/mol. The first-order valence-corrected chi connectivity index (χ1v) is 3.22. The minimum Gasteiger partial charge on any atom is -0.303 e. The molecule has 50 valence electrons. The van der Waals surface area contributed by atoms with Gasteiger partial charge >= 0.3 is 0 Å². The smallest absolute Gasteiger partial charge is 0.124 e. The molecule has 1 aliphatic carbocycles. The lowest BCUT2D eigenvalue weighted by atomic mass is 10.1. The summed E-state index contributed by atoms with van der Waals surface area (Å²) in [7, 11) is 0. The highest BCUT2D eigenvalue weighted by Crippen LogP contribution is 2.57. The van der Waals surface area contributed by atoms with Crippen molar-refractivity contribution < 1.29 is 4.79 Å². The number of aldehydes is 1. The molecule has 0 amide bonds. The average molecular weight is 124 g/mol. The Morgan fingerprint density at radius 3 is 2.11 bits per heavy atom. The first-order chi connectivity index (χ1) is 4.14. The predicted octanol–water partition coefficient (Wildman–Crippen LogP) is 1.64. The van der Waals surface area contributed by atoms with Gasteiger partial charge in [-0.15, -0.1) is 6.58 Å². The summed E-state index contributed by atoms with van der Waals surface area (Å²) in [6.45, 7) is 7.85. The largest absolute Gasteiger partial charge is 0.303 e. The van der Waals surface area contributed by atoms with Crippen molar-refractivity contribution in [3.05, 3.63) is 12.7 Å². The average Bonchev–Trinajstić information content (AvgIpc) is 2.32. The maximum Gasteiger partial charge on any atom is 0.124 e. The maximum absolute atomic E-state index is 10.3. The topological polar surface area (TPSA) is 17.1 Å². The standard InChI is InChI=1S/C8H12O/c1-4-6-7(5-9)8(6,2)3/h4-7H,1H2,2-3H3. The van der Waals surface area contributed by atoms with E-state index in [0.717, 1.165) is 6.29 Å². The number of hydrogen-bond donors (Lipinski definition) is 0. The predicted molar refractivity (Wildman–Crippen MR) is 37.0 cm³/mol. The van der Waals surface area contributed by atoms with E-state index >= 15 is 0 Å². The van der Waals surface area contributed by atoms with Crippen LogP contribution in [0.5, 0.6) is 0 Å². The van der Waals surface area contributed by atoms with Gasteiger partial charge in [0.05, 0.1) is 0 Å². The van der Waals surface area contributed by atoms with E-state index in [0.29, 0.717) is 5.92 Å². The van der Waals surface area contributed by atoms with Crippen molar-refractivity contribution in [3.63, 3.8) is 0 Å². The SMILES string of the molecule is C=CC1C(C=O)C1(C)C. The fourth-order valence-electron chi connectivity index (χ4n) is 1.43. The highest BCUT2D eigenvalue weighted by molar-refractivity contribution is 5.62. The van der Waals surface area contributed by atoms with Crippen LogP contribution in [-0.2, 0) is 4.79 Å². The Hall–Kier alpha value is -0.590. The van der Waals surface area contributed by atoms with Gasteiger partial charge in [0.1, 0.15) is 6.29 Å². The van der Waals surface area contributed by atoms with Gasteiger partial charge in [-0.05, 0) is 11.3 Å². The molecule has 2 unspecified atom stereocenters. The Morgan fingerprint density at radius 1 is 1.44 bits per heavy atom. The minimum absolute atomic E-state index is 0.198. The molecule has 0 aromatic heterocycles. The Kier molecular flexibility index (Phi) is 1.23. The Morgan fingerprint density at radius 2 is 2.00 bits per heavy atom. The highest BCUT2D eigenvalue weighted by atomic mass is 16.1. The van der Waals surface area contributed by atoms with Crippen molar-refractivity contribution in [1.29, 1.82) is 0 Å². The third kappa shape index (κ3) is 0.716. The van der Waals surface area contributed by atoms with Gasteiger partial charge < -0.3 is 4.79 Å². The quantitative estimate of drug-likeness (QED) is 0.404. The molecule has 0 spiro atoms. The van der Waals surface area contributed by atoms with E-state index in [9.17, 15) is 4.79 Å². The molecule has 0 bridgehead atoms. The van der Waals surface area contributed by atoms with Gasteiger partial charge in [-0.2, -0.15) is 0 Å². The van der Waals surface area contributed by atoms with Gasteiger partial charge in [0.15, 0.2) is 0 Å². The lowest BCUT2D eigenvalue weighted by molar-refractivity contribution is -0.109. The van der Waals surface area contributed by atoms with E-state index in [4.69, 9.17) is 0 Å². The Labute approximate surface area is 55.8 Å². The van der Waals surface area contributed by atoms with Crippen LogP contribution in [0.15, 0.2) is 12.7 Å². The van der Waals surface area contributed by atoms with E-state index in [2.05, 4.69) is 20.4 Å². The molecule has 2 atom stereocenters. The highest BCUT2D eigenvalue weighted by Gasteiger charge is 2.55. The summed E-state index contributed by atoms with van der Waals surface area (Å²) in [5, 5.41) is 0. The van der Waals surface area contributed by atoms with E-state index in [1.54, 1.807) is 0 Å². The molecule has 1 fully saturated rings. The summed E-state index contributed by atoms with van der Waals surface area (Å²) < 4.78 is 0. The van der Waals surface area contributed by atoms with Crippen molar-refractivity contribution in [1.82, 2.24) is 0 Å². The first-order valence-electron chi connectivity index (χ1n) is 3.22. The van der Waals surface area contributed by atoms with E-state index in [1.807, 2.05) is 6.08 Å². The molecule has 1 saturated carbocycles. The zero-order valence-corrected chi connectivity index (χ0v) is 5.92. The molecule has 1 rings (SSSR count). The summed E-state index contributed by atoms with van der Waals surface area (Å²) in [6, 6.07) is 0. The first kappa shape index (κ1) is 6.53. The van der Waals surface area contributed by atoms with Crippen molar-refractivity contribution >= 4 is 6.29 Å². The van der Waals surface area contributed by atoms with Gasteiger partial charge in [0, 0.05) is 5.92 Å². The second-order valence-corrected chi connectivity index (χ2v) is 3.24. The van der Waals surface area contributed by atoms with Gasteiger partial charge in [-0.25, -0.2) is 0 Å². The Bertz CT molecular complexity index is 131. The van der Waals surface area contributed by atoms with Gasteiger partial charge in [-0.1, -0.05) is 19.9 Å². The molecule has 1 aliphatic rings. The second kappa shape index (κ2) is 1.69. The number of hydrogen-bond acceptors (Lipinski definition) is 1. The number of rotatable bonds is 2. The third-order valence-electron chi connectivity index (χ3n) is 2.40. The minimum atomic E-state index is 0.198. The van der Waals surface area contributed by atoms with Gasteiger partial charge in [0.25, 0.3) is 0 Å². The van der Waals surface area contributed by atoms with Crippen molar-refractivity contribution in [2.45, 2.75) is 13.8 Å². The van der Waals surface area contributed by atoms with E-state index < -0.39 is 0 Å². The molecule has 0 heterocycles. The molecule has 0 radical (unpaired) electrons. The number of carbonyl (C=O) groups excluding carboxylic acids is 1. The number of allylic oxidation sites excluding steroid dienone is 1. The summed E-state index contributed by atoms with van der Waals surface area (Å²) in [5.41, 5.74) is 0.198. The summed E-state index contributed by atoms with van der Waals surface area (Å²) in [5.74, 6) is 0.657. The van der Waals surface area contributed by atoms with Crippen molar-refractivity contribution in [2.24, 2.45) is 17.3 Å². The van der Waals surface area contributed by atoms with Gasteiger partial charge in [-0.3, -0.25) is 0 Å². The summed E-state index contributed by atoms with van der Waals surface area (Å²) in [6.07, 6.45) is 2.91. The van der Waals surface area contributed by atoms with E-state index in [-0.39, 0.29) is 11.3 Å². The molecular formula is C8H12O. The lowest BCUT2D eigenvalue weighted by Gasteiger charge is -1.94. The van der Waals surface area contributed by atoms with Crippen LogP contribution in [0.1, 0.15) is 13.8 Å². The molecule has 0 aromatic rings. The molecule has 1 heteroatoms. The molecule has 9 heavy (non-hydrogen) atoms. The Balaban J connectivity index is 2.64. The summed E-state index contributed by atoms with van der Waals surface area (Å²) in [4.78, 5) is 10.3. The van der Waals surface area contributed by atoms with Crippen molar-refractivity contribution in [2.75, 3.05) is 0 Å². The van der Waals surface area contributed by atoms with Crippen LogP contribution in [0.4, 0.5) is 0 Å². The number of carbonyl (C=O) groups is 1. The lowest BCUT2D eigenvalue weighted by Crippen LogP contribution is -1.89. The van der Waals surface area contributed by atoms with Crippen LogP contribution >= 0.6 is 0 Å². The molecule has 0 aliphatic heterocycles. The van der Waals surface area contributed by atoms with Crippen molar-refractivity contribution in [3.8, 4) is 0 Å². The molecule has 1 nitrogen and oxygen atoms in total. The molecule has 0 aromatic carbocycles. The molecular weight excluding hydrogens is 112 g/mol. The van der Waals surface area contributed by atoms with Crippen LogP contribution in [0.2, 0.25) is 0 Å². The zero-order valence-electron chi connectivity index (χ0n) is 5.92. The van der Waals surface area contributed by atoms with Crippen LogP contribution in [0, 0.1) is 17.3 Å². The van der Waals surface area contributed by atoms with Crippen LogP contribution in [0.25, 0.3) is 0 Å². The van der Waals surface area contributed by atoms with Gasteiger partial charge in [0.2, 0.25) is 0 Å². The fourth-order valence-corrected chi connectivity index (χ4v) is 1.43. The van der Waals surface area contributed by atoms with Crippen LogP contribution in [-0.4, -0.2) is 6.29 Å². The van der Waals surface area contributed by atoms with Crippen LogP contribution < -0.4 is 0 Å². The maximum atomic E-state index is 10.3. The second-order valence-electron chi connectivity index (χ2n) is 3.24. The fraction of sp³-hybridized carbons (Fsp3) is 0.625. The van der Waals surface area contributed by atoms with Crippen LogP contribution in [0.3, 0.4) is 0 Å². The third-order valence-corrected chi connectivity index (χ3v) is 2.40. The van der Waals surface area contributed by atoms with E-state index in [1.165, 1.54) is 0 Å².